The number of piperidine rings is 1. The molecular formula is C48H57N13O7. The van der Waals surface area contributed by atoms with E-state index >= 15 is 0 Å². The molecule has 6 N–H and O–H groups in total. The molecule has 1 aliphatic heterocycles. The van der Waals surface area contributed by atoms with E-state index in [1.807, 2.05) is 55.2 Å². The van der Waals surface area contributed by atoms with Crippen LogP contribution in [0.3, 0.4) is 0 Å². The first-order chi connectivity index (χ1) is 32.8. The van der Waals surface area contributed by atoms with Crippen LogP contribution in [-0.4, -0.2) is 111 Å². The van der Waals surface area contributed by atoms with Crippen molar-refractivity contribution in [3.63, 3.8) is 0 Å². The van der Waals surface area contributed by atoms with E-state index in [1.54, 1.807) is 45.8 Å². The van der Waals surface area contributed by atoms with Crippen molar-refractivity contribution < 1.29 is 33.8 Å². The number of nitrogens with one attached hydrogen (secondary N) is 1. The number of aryl methyl sites for hydroxylation is 4. The van der Waals surface area contributed by atoms with Crippen LogP contribution in [0.2, 0.25) is 0 Å². The minimum atomic E-state index is -0.775. The second-order valence-electron chi connectivity index (χ2n) is 17.1. The number of fused-ring (bicyclic) bond motifs is 4. The lowest BCUT2D eigenvalue weighted by molar-refractivity contribution is -0.137. The third-order valence-electron chi connectivity index (χ3n) is 12.4. The maximum absolute atomic E-state index is 13.8. The molecule has 356 valence electrons. The summed E-state index contributed by atoms with van der Waals surface area (Å²) in [5.74, 6) is -0.511. The third-order valence-corrected chi connectivity index (χ3v) is 12.4. The predicted molar refractivity (Wildman–Crippen MR) is 256 cm³/mol. The van der Waals surface area contributed by atoms with E-state index in [0.717, 1.165) is 50.3 Å². The summed E-state index contributed by atoms with van der Waals surface area (Å²) < 4.78 is 19.7. The zero-order chi connectivity index (χ0) is 48.2. The fourth-order valence-corrected chi connectivity index (χ4v) is 9.07. The number of nitrogens with zero attached hydrogens (tertiary/aromatic N) is 10. The minimum absolute atomic E-state index is 0.167. The summed E-state index contributed by atoms with van der Waals surface area (Å²) in [4.78, 5) is 67.0. The number of carboxylic acid groups (broad SMARTS) is 1. The van der Waals surface area contributed by atoms with Gasteiger partial charge in [0.2, 0.25) is 17.8 Å². The number of hydrogen-bond donors (Lipinski definition) is 4. The lowest BCUT2D eigenvalue weighted by atomic mass is 9.94. The molecule has 1 saturated heterocycles. The van der Waals surface area contributed by atoms with Gasteiger partial charge in [0.15, 0.2) is 5.82 Å². The Morgan fingerprint density at radius 1 is 0.838 bits per heavy atom. The van der Waals surface area contributed by atoms with Crippen molar-refractivity contribution in [2.75, 3.05) is 38.7 Å². The molecular weight excluding hydrogens is 871 g/mol. The number of primary amides is 2. The summed E-state index contributed by atoms with van der Waals surface area (Å²) in [5, 5.41) is 22.5. The van der Waals surface area contributed by atoms with Gasteiger partial charge in [-0.1, -0.05) is 12.2 Å². The number of methoxy groups -OCH3 is 1. The van der Waals surface area contributed by atoms with Crippen LogP contribution in [-0.2, 0) is 31.0 Å². The number of aliphatic carboxylic acids is 1. The Hall–Kier alpha value is -7.61. The number of amides is 3. The highest BCUT2D eigenvalue weighted by molar-refractivity contribution is 6.12. The Labute approximate surface area is 391 Å². The van der Waals surface area contributed by atoms with Gasteiger partial charge < -0.3 is 40.1 Å². The smallest absolute Gasteiger partial charge is 0.303 e. The number of anilines is 1. The Bertz CT molecular complexity index is 3080. The Kier molecular flexibility index (Phi) is 13.9. The first-order valence-electron chi connectivity index (χ1n) is 22.9. The maximum Gasteiger partial charge on any atom is 0.303 e. The molecule has 5 aromatic heterocycles. The Morgan fingerprint density at radius 2 is 1.51 bits per heavy atom. The first kappa shape index (κ1) is 46.9. The number of hydrogen-bond acceptors (Lipinski definition) is 12. The molecule has 0 spiro atoms. The summed E-state index contributed by atoms with van der Waals surface area (Å²) in [7, 11) is 1.49. The van der Waals surface area contributed by atoms with Crippen LogP contribution < -0.4 is 26.3 Å². The van der Waals surface area contributed by atoms with Crippen molar-refractivity contribution in [2.24, 2.45) is 17.4 Å². The lowest BCUT2D eigenvalue weighted by Crippen LogP contribution is -2.35. The highest BCUT2D eigenvalue weighted by atomic mass is 16.5. The standard InChI is InChI=1S/C48H57N13O7/c1-6-60-36(21-28(3)55-60)45-51-27-34-33-23-31(43(49)64)26-39(68-20-14-30-12-18-57(19-13-30)15-10-11-40(62)63)41(33)58(46(34)53-45)16-8-9-17-59-42-35(24-32(44(50)65)25-38(42)67-5)52-48(59)54-47(66)37-22-29(4)56-61(37)7-2/h8-9,21-27,30H,6-7,10-20H2,1-5H3,(H2,49,64)(H2,50,65)(H,62,63)(H,52,54,66). The lowest BCUT2D eigenvalue weighted by Gasteiger charge is -2.31. The molecule has 1 aliphatic rings. The Balaban J connectivity index is 1.15. The van der Waals surface area contributed by atoms with Gasteiger partial charge in [0.25, 0.3) is 5.91 Å². The molecule has 3 amide bonds. The molecule has 2 aromatic carbocycles. The van der Waals surface area contributed by atoms with E-state index in [4.69, 9.17) is 41.0 Å². The van der Waals surface area contributed by atoms with Crippen LogP contribution in [0.25, 0.3) is 44.5 Å². The van der Waals surface area contributed by atoms with E-state index in [2.05, 4.69) is 20.4 Å². The average molecular weight is 928 g/mol. The van der Waals surface area contributed by atoms with Crippen LogP contribution in [0.1, 0.15) is 88.5 Å². The number of carbonyl (C=O) groups is 4. The number of ether oxygens (including phenoxy) is 2. The quantitative estimate of drug-likeness (QED) is 0.0669. The molecule has 68 heavy (non-hydrogen) atoms. The first-order valence-corrected chi connectivity index (χ1v) is 22.9. The molecule has 6 heterocycles. The second-order valence-corrected chi connectivity index (χ2v) is 17.1. The molecule has 0 aliphatic carbocycles. The van der Waals surface area contributed by atoms with Crippen molar-refractivity contribution in [2.45, 2.75) is 86.0 Å². The van der Waals surface area contributed by atoms with Crippen LogP contribution in [0.15, 0.2) is 54.7 Å². The molecule has 1 fully saturated rings. The van der Waals surface area contributed by atoms with E-state index in [-0.39, 0.29) is 30.0 Å². The molecule has 0 radical (unpaired) electrons. The van der Waals surface area contributed by atoms with Crippen molar-refractivity contribution in [3.8, 4) is 23.0 Å². The van der Waals surface area contributed by atoms with Gasteiger partial charge in [0, 0.05) is 60.7 Å². The van der Waals surface area contributed by atoms with Gasteiger partial charge in [-0.15, -0.1) is 0 Å². The van der Waals surface area contributed by atoms with Gasteiger partial charge in [-0.2, -0.15) is 10.2 Å². The molecule has 20 nitrogen and oxygen atoms in total. The monoisotopic (exact) mass is 927 g/mol. The molecule has 0 bridgehead atoms. The predicted octanol–water partition coefficient (Wildman–Crippen LogP) is 5.71. The molecule has 0 unspecified atom stereocenters. The Morgan fingerprint density at radius 3 is 2.21 bits per heavy atom. The maximum atomic E-state index is 13.8. The molecule has 7 aromatic rings. The van der Waals surface area contributed by atoms with Crippen LogP contribution in [0.5, 0.6) is 11.5 Å². The summed E-state index contributed by atoms with van der Waals surface area (Å²) in [6.45, 7) is 12.2. The highest BCUT2D eigenvalue weighted by Crippen LogP contribution is 2.37. The number of benzene rings is 2. The number of aromatic nitrogens is 9. The summed E-state index contributed by atoms with van der Waals surface area (Å²) in [6.07, 6.45) is 9.19. The summed E-state index contributed by atoms with van der Waals surface area (Å²) in [5.41, 5.74) is 17.0. The third kappa shape index (κ3) is 9.76. The van der Waals surface area contributed by atoms with E-state index in [0.29, 0.717) is 100 Å². The van der Waals surface area contributed by atoms with Gasteiger partial charge in [0.1, 0.15) is 34.1 Å². The molecule has 0 atom stereocenters. The number of nitrogens with two attached hydrogens (primary N) is 2. The van der Waals surface area contributed by atoms with Gasteiger partial charge >= 0.3 is 5.97 Å². The number of imidazole rings is 1. The number of likely N-dealkylation sites (tertiary alicyclic amines) is 1. The number of rotatable bonds is 20. The van der Waals surface area contributed by atoms with Gasteiger partial charge in [-0.05, 0) is 115 Å². The highest BCUT2D eigenvalue weighted by Gasteiger charge is 2.25. The molecule has 20 heteroatoms. The summed E-state index contributed by atoms with van der Waals surface area (Å²) in [6, 6.07) is 10.2. The zero-order valence-corrected chi connectivity index (χ0v) is 39.0. The van der Waals surface area contributed by atoms with Gasteiger partial charge in [-0.3, -0.25) is 33.9 Å². The second kappa shape index (κ2) is 20.1. The van der Waals surface area contributed by atoms with E-state index in [9.17, 15) is 19.2 Å². The van der Waals surface area contributed by atoms with E-state index in [1.165, 1.54) is 7.11 Å². The fourth-order valence-electron chi connectivity index (χ4n) is 9.07. The zero-order valence-electron chi connectivity index (χ0n) is 39.0. The molecule has 8 rings (SSSR count). The minimum Gasteiger partial charge on any atom is -0.494 e. The molecule has 0 saturated carbocycles. The largest absolute Gasteiger partial charge is 0.494 e. The SMILES string of the molecule is CCn1nc(C)cc1C(=O)Nc1nc2cc(C(N)=O)cc(OC)c2n1CC=CCn1c2nc(-c3cc(C)nn3CC)ncc2c2cc(C(N)=O)cc(OCCC3CCN(CCCC(=O)O)CC3)c21. The van der Waals surface area contributed by atoms with Crippen LogP contribution in [0, 0.1) is 19.8 Å². The topological polar surface area (TPSA) is 258 Å². The number of carbonyl (C=O) groups excluding carboxylic acids is 3. The normalized spacial score (nSPS) is 13.6. The van der Waals surface area contributed by atoms with Gasteiger partial charge in [0.05, 0.1) is 36.1 Å². The van der Waals surface area contributed by atoms with E-state index < -0.39 is 23.7 Å². The van der Waals surface area contributed by atoms with Crippen LogP contribution in [0.4, 0.5) is 5.95 Å². The van der Waals surface area contributed by atoms with Crippen molar-refractivity contribution in [1.82, 2.24) is 48.5 Å². The van der Waals surface area contributed by atoms with Crippen molar-refractivity contribution >= 4 is 62.6 Å². The fraction of sp³-hybridized carbons (Fsp3) is 0.396. The number of carboxylic acids is 1. The number of allylic oxidation sites excluding steroid dienone is 2. The summed E-state index contributed by atoms with van der Waals surface area (Å²) >= 11 is 0. The average Bonchev–Trinajstić information content (AvgIpc) is 4.08. The van der Waals surface area contributed by atoms with Crippen molar-refractivity contribution in [1.29, 1.82) is 0 Å². The van der Waals surface area contributed by atoms with Crippen LogP contribution >= 0.6 is 0 Å². The van der Waals surface area contributed by atoms with Crippen molar-refractivity contribution in [3.05, 3.63) is 83.0 Å². The van der Waals surface area contributed by atoms with Gasteiger partial charge in [-0.25, -0.2) is 15.0 Å².